The number of amides is 2. The fourth-order valence-electron chi connectivity index (χ4n) is 3.93. The number of piperidine rings is 1. The maximum atomic E-state index is 12.1. The molecule has 1 atom stereocenters. The van der Waals surface area contributed by atoms with E-state index in [1.54, 1.807) is 0 Å². The summed E-state index contributed by atoms with van der Waals surface area (Å²) in [6.07, 6.45) is 8.83. The number of nitrogens with zero attached hydrogens (tertiary/aromatic N) is 1. The summed E-state index contributed by atoms with van der Waals surface area (Å²) in [7, 11) is 0. The minimum atomic E-state index is -0.297. The lowest BCUT2D eigenvalue weighted by Crippen LogP contribution is -2.50. The van der Waals surface area contributed by atoms with Crippen LogP contribution in [0, 0.1) is 5.92 Å². The van der Waals surface area contributed by atoms with Crippen LogP contribution in [0.25, 0.3) is 0 Å². The third kappa shape index (κ3) is 3.96. The van der Waals surface area contributed by atoms with Crippen LogP contribution in [0.2, 0.25) is 0 Å². The van der Waals surface area contributed by atoms with Crippen LogP contribution in [-0.4, -0.2) is 48.4 Å². The molecule has 0 bridgehead atoms. The fourth-order valence-corrected chi connectivity index (χ4v) is 3.93. The van der Waals surface area contributed by atoms with Crippen LogP contribution in [0.1, 0.15) is 51.4 Å². The highest BCUT2D eigenvalue weighted by Crippen LogP contribution is 2.26. The van der Waals surface area contributed by atoms with Gasteiger partial charge in [0, 0.05) is 32.1 Å². The summed E-state index contributed by atoms with van der Waals surface area (Å²) in [6, 6.07) is -0.0103. The molecule has 2 amide bonds. The molecule has 1 saturated carbocycles. The minimum absolute atomic E-state index is 0.00142. The number of rotatable bonds is 4. The van der Waals surface area contributed by atoms with Gasteiger partial charge in [0.2, 0.25) is 11.8 Å². The molecule has 0 unspecified atom stereocenters. The van der Waals surface area contributed by atoms with E-state index in [2.05, 4.69) is 15.5 Å². The summed E-state index contributed by atoms with van der Waals surface area (Å²) >= 11 is 0. The summed E-state index contributed by atoms with van der Waals surface area (Å²) in [5.74, 6) is 0.918. The van der Waals surface area contributed by atoms with Gasteiger partial charge in [-0.2, -0.15) is 0 Å². The second-order valence-electron chi connectivity index (χ2n) is 6.89. The van der Waals surface area contributed by atoms with E-state index in [0.717, 1.165) is 31.8 Å². The monoisotopic (exact) mass is 293 g/mol. The molecule has 2 saturated heterocycles. The Kier molecular flexibility index (Phi) is 4.78. The molecule has 2 aliphatic heterocycles. The van der Waals surface area contributed by atoms with Gasteiger partial charge in [-0.25, -0.2) is 0 Å². The first-order valence-corrected chi connectivity index (χ1v) is 8.53. The van der Waals surface area contributed by atoms with Gasteiger partial charge in [0.15, 0.2) is 0 Å². The van der Waals surface area contributed by atoms with Crippen molar-refractivity contribution in [2.24, 2.45) is 5.92 Å². The molecule has 3 aliphatic rings. The molecule has 118 valence electrons. The SMILES string of the molecule is O=C1CC[C@H](C(=O)NC2CCN(CC3CCCC3)CC2)N1. The van der Waals surface area contributed by atoms with Crippen LogP contribution in [-0.2, 0) is 9.59 Å². The number of nitrogens with one attached hydrogen (secondary N) is 2. The molecule has 0 aromatic rings. The number of carbonyl (C=O) groups excluding carboxylic acids is 2. The Balaban J connectivity index is 1.37. The first-order valence-electron chi connectivity index (χ1n) is 8.53. The third-order valence-electron chi connectivity index (χ3n) is 5.24. The number of hydrogen-bond donors (Lipinski definition) is 2. The number of hydrogen-bond acceptors (Lipinski definition) is 3. The van der Waals surface area contributed by atoms with E-state index in [1.165, 1.54) is 32.2 Å². The van der Waals surface area contributed by atoms with Crippen molar-refractivity contribution in [1.29, 1.82) is 0 Å². The van der Waals surface area contributed by atoms with Crippen molar-refractivity contribution in [2.45, 2.75) is 63.5 Å². The number of carbonyl (C=O) groups is 2. The van der Waals surface area contributed by atoms with Gasteiger partial charge in [-0.15, -0.1) is 0 Å². The average molecular weight is 293 g/mol. The summed E-state index contributed by atoms with van der Waals surface area (Å²) in [5.41, 5.74) is 0. The van der Waals surface area contributed by atoms with E-state index >= 15 is 0 Å². The van der Waals surface area contributed by atoms with E-state index in [0.29, 0.717) is 12.8 Å². The topological polar surface area (TPSA) is 61.4 Å². The number of likely N-dealkylation sites (tertiary alicyclic amines) is 1. The zero-order chi connectivity index (χ0) is 14.7. The normalized spacial score (nSPS) is 28.8. The highest BCUT2D eigenvalue weighted by molar-refractivity contribution is 5.90. The Bertz CT molecular complexity index is 385. The highest BCUT2D eigenvalue weighted by atomic mass is 16.2. The van der Waals surface area contributed by atoms with Crippen LogP contribution in [0.5, 0.6) is 0 Å². The van der Waals surface area contributed by atoms with Crippen LogP contribution in [0.3, 0.4) is 0 Å². The molecular formula is C16H27N3O2. The lowest BCUT2D eigenvalue weighted by atomic mass is 10.0. The van der Waals surface area contributed by atoms with Crippen LogP contribution in [0.15, 0.2) is 0 Å². The maximum Gasteiger partial charge on any atom is 0.242 e. The van der Waals surface area contributed by atoms with E-state index < -0.39 is 0 Å². The zero-order valence-electron chi connectivity index (χ0n) is 12.8. The molecule has 5 nitrogen and oxygen atoms in total. The van der Waals surface area contributed by atoms with Crippen LogP contribution < -0.4 is 10.6 Å². The Morgan fingerprint density at radius 3 is 2.48 bits per heavy atom. The zero-order valence-corrected chi connectivity index (χ0v) is 12.8. The van der Waals surface area contributed by atoms with Gasteiger partial charge in [-0.3, -0.25) is 9.59 Å². The molecular weight excluding hydrogens is 266 g/mol. The average Bonchev–Trinajstić information content (AvgIpc) is 3.12. The van der Waals surface area contributed by atoms with Gasteiger partial charge in [0.1, 0.15) is 6.04 Å². The molecule has 21 heavy (non-hydrogen) atoms. The summed E-state index contributed by atoms with van der Waals surface area (Å²) in [4.78, 5) is 25.8. The largest absolute Gasteiger partial charge is 0.351 e. The Morgan fingerprint density at radius 2 is 1.86 bits per heavy atom. The van der Waals surface area contributed by atoms with Crippen molar-refractivity contribution < 1.29 is 9.59 Å². The van der Waals surface area contributed by atoms with Crippen molar-refractivity contribution in [2.75, 3.05) is 19.6 Å². The predicted octanol–water partition coefficient (Wildman–Crippen LogP) is 1.04. The quantitative estimate of drug-likeness (QED) is 0.814. The molecule has 0 radical (unpaired) electrons. The van der Waals surface area contributed by atoms with Crippen LogP contribution in [0.4, 0.5) is 0 Å². The van der Waals surface area contributed by atoms with E-state index in [-0.39, 0.29) is 23.9 Å². The Labute approximate surface area is 126 Å². The molecule has 2 N–H and O–H groups in total. The van der Waals surface area contributed by atoms with Gasteiger partial charge in [-0.05, 0) is 38.0 Å². The minimum Gasteiger partial charge on any atom is -0.351 e. The van der Waals surface area contributed by atoms with Crippen molar-refractivity contribution in [1.82, 2.24) is 15.5 Å². The van der Waals surface area contributed by atoms with Crippen molar-refractivity contribution in [3.05, 3.63) is 0 Å². The van der Waals surface area contributed by atoms with Gasteiger partial charge in [0.05, 0.1) is 0 Å². The highest BCUT2D eigenvalue weighted by Gasteiger charge is 2.30. The summed E-state index contributed by atoms with van der Waals surface area (Å²) in [6.45, 7) is 3.44. The Hall–Kier alpha value is -1.10. The second-order valence-corrected chi connectivity index (χ2v) is 6.89. The van der Waals surface area contributed by atoms with Gasteiger partial charge in [-0.1, -0.05) is 12.8 Å². The van der Waals surface area contributed by atoms with Gasteiger partial charge < -0.3 is 15.5 Å². The second kappa shape index (κ2) is 6.77. The summed E-state index contributed by atoms with van der Waals surface area (Å²) < 4.78 is 0. The molecule has 0 aromatic heterocycles. The lowest BCUT2D eigenvalue weighted by Gasteiger charge is -2.34. The van der Waals surface area contributed by atoms with Crippen molar-refractivity contribution in [3.63, 3.8) is 0 Å². The van der Waals surface area contributed by atoms with E-state index in [9.17, 15) is 9.59 Å². The first kappa shape index (κ1) is 14.8. The molecule has 3 rings (SSSR count). The van der Waals surface area contributed by atoms with Crippen molar-refractivity contribution >= 4 is 11.8 Å². The van der Waals surface area contributed by atoms with Crippen LogP contribution >= 0.6 is 0 Å². The Morgan fingerprint density at radius 1 is 1.14 bits per heavy atom. The molecule has 0 spiro atoms. The smallest absolute Gasteiger partial charge is 0.242 e. The van der Waals surface area contributed by atoms with Gasteiger partial charge in [0.25, 0.3) is 0 Å². The molecule has 5 heteroatoms. The van der Waals surface area contributed by atoms with Gasteiger partial charge >= 0.3 is 0 Å². The third-order valence-corrected chi connectivity index (χ3v) is 5.24. The first-order chi connectivity index (χ1) is 10.2. The van der Waals surface area contributed by atoms with Crippen molar-refractivity contribution in [3.8, 4) is 0 Å². The molecule has 3 fully saturated rings. The summed E-state index contributed by atoms with van der Waals surface area (Å²) in [5, 5.41) is 5.85. The predicted molar refractivity (Wildman–Crippen MR) is 80.7 cm³/mol. The van der Waals surface area contributed by atoms with E-state index in [4.69, 9.17) is 0 Å². The standard InChI is InChI=1S/C16H27N3O2/c20-15-6-5-14(18-15)16(21)17-13-7-9-19(10-8-13)11-12-3-1-2-4-12/h12-14H,1-11H2,(H,17,21)(H,18,20)/t14-/m1/s1. The van der Waals surface area contributed by atoms with E-state index in [1.807, 2.05) is 0 Å². The maximum absolute atomic E-state index is 12.1. The molecule has 1 aliphatic carbocycles. The lowest BCUT2D eigenvalue weighted by molar-refractivity contribution is -0.126. The fraction of sp³-hybridized carbons (Fsp3) is 0.875. The molecule has 0 aromatic carbocycles. The molecule has 2 heterocycles.